The molecule has 0 aromatic heterocycles. The van der Waals surface area contributed by atoms with E-state index < -0.39 is 26.7 Å². The zero-order chi connectivity index (χ0) is 17.7. The largest absolute Gasteiger partial charge is 1.00 e. The molecule has 0 aliphatic rings. The maximum Gasteiger partial charge on any atom is 1.00 e. The molecule has 1 rings (SSSR count). The van der Waals surface area contributed by atoms with Crippen molar-refractivity contribution in [1.82, 2.24) is 4.90 Å². The fraction of sp³-hybridized carbons (Fsp3) is 0.538. The summed E-state index contributed by atoms with van der Waals surface area (Å²) in [6.45, 7) is 0.388. The van der Waals surface area contributed by atoms with Gasteiger partial charge in [-0.3, -0.25) is 4.57 Å². The number of rotatable bonds is 9. The van der Waals surface area contributed by atoms with Gasteiger partial charge < -0.3 is 34.1 Å². The third kappa shape index (κ3) is 8.99. The molecule has 25 heavy (non-hydrogen) atoms. The van der Waals surface area contributed by atoms with E-state index in [0.717, 1.165) is 18.4 Å². The first-order chi connectivity index (χ1) is 10.5. The van der Waals surface area contributed by atoms with Crippen LogP contribution in [0.1, 0.15) is 18.4 Å². The summed E-state index contributed by atoms with van der Waals surface area (Å²) in [6, 6.07) is 9.68. The van der Waals surface area contributed by atoms with Gasteiger partial charge in [-0.1, -0.05) is 30.3 Å². The van der Waals surface area contributed by atoms with E-state index in [1.54, 1.807) is 11.9 Å². The van der Waals surface area contributed by atoms with E-state index in [0.29, 0.717) is 6.54 Å². The summed E-state index contributed by atoms with van der Waals surface area (Å²) in [5, 5.41) is 6.10. The predicted molar refractivity (Wildman–Crippen MR) is 81.5 cm³/mol. The summed E-state index contributed by atoms with van der Waals surface area (Å²) >= 11 is 0. The molecule has 0 heterocycles. The minimum absolute atomic E-state index is 0. The van der Waals surface area contributed by atoms with Crippen molar-refractivity contribution in [2.24, 2.45) is 0 Å². The third-order valence-corrected chi connectivity index (χ3v) is 7.36. The van der Waals surface area contributed by atoms with E-state index in [1.807, 2.05) is 30.3 Å². The Morgan fingerprint density at radius 1 is 1.08 bits per heavy atom. The standard InChI is InChI=1S/C13H23NO7P2.2Na/c1-14(10-5-8-12-6-3-2-4-7-12)11-9-13(15,22(16,17)18)23(19,20)21;;/h2-4,6-7,15H,5,8-11H2,1H3,(H2,16,17,18)(H2,19,20,21);;/q;2*+1/p-2. The molecule has 0 aliphatic carbocycles. The van der Waals surface area contributed by atoms with Gasteiger partial charge in [0.15, 0.2) is 5.08 Å². The Bertz CT molecular complexity index is 571. The molecule has 8 nitrogen and oxygen atoms in total. The van der Waals surface area contributed by atoms with Crippen LogP contribution in [0.5, 0.6) is 0 Å². The second kappa shape index (κ2) is 12.1. The zero-order valence-corrected chi connectivity index (χ0v) is 20.5. The topological polar surface area (TPSA) is 144 Å². The molecule has 1 unspecified atom stereocenters. The second-order valence-corrected chi connectivity index (χ2v) is 9.37. The van der Waals surface area contributed by atoms with Gasteiger partial charge in [0.1, 0.15) is 0 Å². The van der Waals surface area contributed by atoms with Gasteiger partial charge in [-0.05, 0) is 39.6 Å². The van der Waals surface area contributed by atoms with E-state index >= 15 is 0 Å². The average molecular weight is 411 g/mol. The van der Waals surface area contributed by atoms with Crippen LogP contribution in [-0.4, -0.2) is 45.0 Å². The summed E-state index contributed by atoms with van der Waals surface area (Å²) in [5.41, 5.74) is 1.14. The minimum atomic E-state index is -5.87. The Morgan fingerprint density at radius 2 is 1.60 bits per heavy atom. The fourth-order valence-corrected chi connectivity index (χ4v) is 4.13. The van der Waals surface area contributed by atoms with Gasteiger partial charge in [-0.25, -0.2) is 0 Å². The molecule has 1 aromatic rings. The second-order valence-electron chi connectivity index (χ2n) is 5.46. The summed E-state index contributed by atoms with van der Waals surface area (Å²) < 4.78 is 22.2. The SMILES string of the molecule is CN(CCCc1ccccc1)CCC(O)(P(=O)([O-])[O-])P(=O)(O)O.[Na+].[Na+]. The number of nitrogens with zero attached hydrogens (tertiary/aromatic N) is 1. The van der Waals surface area contributed by atoms with Crippen molar-refractivity contribution < 1.29 is 92.9 Å². The van der Waals surface area contributed by atoms with Crippen LogP contribution >= 0.6 is 15.2 Å². The van der Waals surface area contributed by atoms with Crippen molar-refractivity contribution in [3.63, 3.8) is 0 Å². The zero-order valence-electron chi connectivity index (χ0n) is 14.7. The molecule has 3 N–H and O–H groups in total. The summed E-state index contributed by atoms with van der Waals surface area (Å²) in [4.78, 5) is 41.6. The van der Waals surface area contributed by atoms with Crippen molar-refractivity contribution >= 4 is 15.2 Å². The van der Waals surface area contributed by atoms with Crippen LogP contribution in [0.4, 0.5) is 0 Å². The van der Waals surface area contributed by atoms with Crippen molar-refractivity contribution in [1.29, 1.82) is 0 Å². The van der Waals surface area contributed by atoms with Crippen LogP contribution < -0.4 is 68.9 Å². The smallest absolute Gasteiger partial charge is 0.808 e. The molecule has 0 saturated heterocycles. The molecule has 1 atom stereocenters. The Kier molecular flexibility index (Phi) is 13.9. The monoisotopic (exact) mass is 411 g/mol. The molecule has 0 radical (unpaired) electrons. The van der Waals surface area contributed by atoms with E-state index in [2.05, 4.69) is 0 Å². The van der Waals surface area contributed by atoms with Crippen LogP contribution in [0.3, 0.4) is 0 Å². The molecular formula is C13H21NNa2O7P2. The normalized spacial score (nSPS) is 14.4. The first-order valence-corrected chi connectivity index (χ1v) is 10.2. The Balaban J connectivity index is 0. The number of hydrogen-bond acceptors (Lipinski definition) is 6. The summed E-state index contributed by atoms with van der Waals surface area (Å²) in [7, 11) is -9.76. The third-order valence-electron chi connectivity index (χ3n) is 3.58. The van der Waals surface area contributed by atoms with Gasteiger partial charge in [0.2, 0.25) is 0 Å². The van der Waals surface area contributed by atoms with Crippen LogP contribution in [0, 0.1) is 0 Å². The number of aliphatic hydroxyl groups is 1. The van der Waals surface area contributed by atoms with Gasteiger partial charge in [-0.15, -0.1) is 0 Å². The Morgan fingerprint density at radius 3 is 2.04 bits per heavy atom. The molecule has 12 heteroatoms. The first-order valence-electron chi connectivity index (χ1n) is 7.00. The molecule has 0 aliphatic heterocycles. The molecule has 0 fully saturated rings. The maximum absolute atomic E-state index is 11.2. The minimum Gasteiger partial charge on any atom is -0.808 e. The Hall–Kier alpha value is 1.44. The predicted octanol–water partition coefficient (Wildman–Crippen LogP) is -6.31. The van der Waals surface area contributed by atoms with E-state index in [9.17, 15) is 24.0 Å². The maximum atomic E-state index is 11.2. The van der Waals surface area contributed by atoms with Crippen molar-refractivity contribution in [3.8, 4) is 0 Å². The van der Waals surface area contributed by atoms with Gasteiger partial charge in [0.25, 0.3) is 0 Å². The molecule has 0 amide bonds. The molecule has 0 spiro atoms. The van der Waals surface area contributed by atoms with Crippen LogP contribution in [-0.2, 0) is 15.6 Å². The van der Waals surface area contributed by atoms with Crippen LogP contribution in [0.25, 0.3) is 0 Å². The van der Waals surface area contributed by atoms with Gasteiger partial charge >= 0.3 is 66.7 Å². The molecule has 0 bridgehead atoms. The fourth-order valence-electron chi connectivity index (χ4n) is 2.09. The quantitative estimate of drug-likeness (QED) is 0.269. The molecule has 132 valence electrons. The number of hydrogen-bond donors (Lipinski definition) is 3. The van der Waals surface area contributed by atoms with E-state index in [4.69, 9.17) is 9.79 Å². The molecule has 0 saturated carbocycles. The van der Waals surface area contributed by atoms with Crippen molar-refractivity contribution in [3.05, 3.63) is 35.9 Å². The van der Waals surface area contributed by atoms with Crippen molar-refractivity contribution in [2.75, 3.05) is 20.1 Å². The van der Waals surface area contributed by atoms with Gasteiger partial charge in [0.05, 0.1) is 0 Å². The van der Waals surface area contributed by atoms with Gasteiger partial charge in [-0.2, -0.15) is 0 Å². The molecule has 1 aromatic carbocycles. The van der Waals surface area contributed by atoms with Crippen LogP contribution in [0.2, 0.25) is 0 Å². The van der Waals surface area contributed by atoms with Crippen LogP contribution in [0.15, 0.2) is 30.3 Å². The van der Waals surface area contributed by atoms with E-state index in [1.165, 1.54) is 0 Å². The first kappa shape index (κ1) is 28.6. The summed E-state index contributed by atoms with van der Waals surface area (Å²) in [6.07, 6.45) is 0.681. The van der Waals surface area contributed by atoms with Crippen molar-refractivity contribution in [2.45, 2.75) is 24.3 Å². The number of benzene rings is 1. The van der Waals surface area contributed by atoms with Gasteiger partial charge in [0, 0.05) is 13.0 Å². The Labute approximate surface area is 191 Å². The van der Waals surface area contributed by atoms with E-state index in [-0.39, 0.29) is 65.7 Å². The molecular weight excluding hydrogens is 390 g/mol. The number of aryl methyl sites for hydroxylation is 1. The average Bonchev–Trinajstić information content (AvgIpc) is 2.43. The summed E-state index contributed by atoms with van der Waals surface area (Å²) in [5.74, 6) is 0.